The fourth-order valence-corrected chi connectivity index (χ4v) is 2.55. The predicted molar refractivity (Wildman–Crippen MR) is 71.6 cm³/mol. The van der Waals surface area contributed by atoms with Crippen LogP contribution in [0.4, 0.5) is 5.69 Å². The maximum atomic E-state index is 11.4. The Hall–Kier alpha value is -2.77. The van der Waals surface area contributed by atoms with Crippen molar-refractivity contribution in [2.45, 2.75) is 25.7 Å². The quantitative estimate of drug-likeness (QED) is 0.680. The minimum Gasteiger partial charge on any atom is -0.478 e. The summed E-state index contributed by atoms with van der Waals surface area (Å²) in [6.07, 6.45) is 6.33. The number of aromatic nitrogens is 3. The van der Waals surface area contributed by atoms with Gasteiger partial charge in [-0.15, -0.1) is 0 Å². The van der Waals surface area contributed by atoms with Gasteiger partial charge in [0.15, 0.2) is 5.82 Å². The smallest absolute Gasteiger partial charge is 0.339 e. The first-order valence-electron chi connectivity index (χ1n) is 6.51. The molecule has 3 rings (SSSR count). The van der Waals surface area contributed by atoms with Gasteiger partial charge in [-0.05, 0) is 25.7 Å². The highest BCUT2D eigenvalue weighted by Gasteiger charge is 2.23. The van der Waals surface area contributed by atoms with Gasteiger partial charge < -0.3 is 5.11 Å². The summed E-state index contributed by atoms with van der Waals surface area (Å²) in [5.41, 5.74) is 1.34. The van der Waals surface area contributed by atoms with E-state index in [9.17, 15) is 20.0 Å². The van der Waals surface area contributed by atoms with Gasteiger partial charge in [-0.1, -0.05) is 0 Å². The van der Waals surface area contributed by atoms with E-state index in [0.29, 0.717) is 0 Å². The van der Waals surface area contributed by atoms with E-state index in [1.54, 1.807) is 4.57 Å². The van der Waals surface area contributed by atoms with E-state index in [1.807, 2.05) is 0 Å². The van der Waals surface area contributed by atoms with Crippen LogP contribution in [0.1, 0.15) is 34.6 Å². The van der Waals surface area contributed by atoms with E-state index in [4.69, 9.17) is 0 Å². The first kappa shape index (κ1) is 13.2. The van der Waals surface area contributed by atoms with Crippen LogP contribution in [0.2, 0.25) is 0 Å². The first-order valence-corrected chi connectivity index (χ1v) is 6.51. The molecule has 0 saturated heterocycles. The number of nitro groups is 1. The Morgan fingerprint density at radius 1 is 1.33 bits per heavy atom. The van der Waals surface area contributed by atoms with Crippen LogP contribution in [0.15, 0.2) is 18.6 Å². The number of carboxylic acids is 1. The van der Waals surface area contributed by atoms with Gasteiger partial charge in [-0.3, -0.25) is 14.7 Å². The number of aryl methyl sites for hydroxylation is 1. The number of carboxylic acid groups (broad SMARTS) is 1. The van der Waals surface area contributed by atoms with Gasteiger partial charge in [-0.2, -0.15) is 0 Å². The topological polar surface area (TPSA) is 111 Å². The lowest BCUT2D eigenvalue weighted by molar-refractivity contribution is -0.385. The summed E-state index contributed by atoms with van der Waals surface area (Å²) < 4.78 is 1.63. The van der Waals surface area contributed by atoms with Crippen LogP contribution in [-0.2, 0) is 12.8 Å². The summed E-state index contributed by atoms with van der Waals surface area (Å²) in [7, 11) is 0. The van der Waals surface area contributed by atoms with Gasteiger partial charge in [0.2, 0.25) is 0 Å². The number of rotatable bonds is 3. The number of fused-ring (bicyclic) bond motifs is 1. The Bertz CT molecular complexity index is 738. The molecule has 0 fully saturated rings. The summed E-state index contributed by atoms with van der Waals surface area (Å²) in [6, 6.07) is 1.03. The average molecular weight is 288 g/mol. The molecule has 0 unspecified atom stereocenters. The van der Waals surface area contributed by atoms with Gasteiger partial charge >= 0.3 is 5.97 Å². The highest BCUT2D eigenvalue weighted by atomic mass is 16.6. The highest BCUT2D eigenvalue weighted by molar-refractivity contribution is 5.91. The third kappa shape index (κ3) is 2.24. The Kier molecular flexibility index (Phi) is 3.13. The van der Waals surface area contributed by atoms with E-state index >= 15 is 0 Å². The van der Waals surface area contributed by atoms with Crippen LogP contribution in [-0.4, -0.2) is 30.5 Å². The molecule has 1 aliphatic rings. The normalized spacial score (nSPS) is 13.7. The molecule has 108 valence electrons. The lowest BCUT2D eigenvalue weighted by atomic mass is 10.0. The Balaban J connectivity index is 2.16. The second kappa shape index (κ2) is 4.97. The maximum absolute atomic E-state index is 11.4. The number of nitrogens with zero attached hydrogens (tertiary/aromatic N) is 4. The molecule has 2 aromatic rings. The van der Waals surface area contributed by atoms with Crippen molar-refractivity contribution in [2.24, 2.45) is 0 Å². The molecular formula is C13H12N4O4. The van der Waals surface area contributed by atoms with Gasteiger partial charge in [-0.25, -0.2) is 14.8 Å². The van der Waals surface area contributed by atoms with Crippen LogP contribution >= 0.6 is 0 Å². The lowest BCUT2D eigenvalue weighted by Gasteiger charge is -2.14. The molecule has 0 aromatic carbocycles. The second-order valence-electron chi connectivity index (χ2n) is 4.84. The molecule has 8 nitrogen and oxygen atoms in total. The van der Waals surface area contributed by atoms with Gasteiger partial charge in [0, 0.05) is 11.8 Å². The lowest BCUT2D eigenvalue weighted by Crippen LogP contribution is -2.12. The molecule has 0 atom stereocenters. The Labute approximate surface area is 119 Å². The summed E-state index contributed by atoms with van der Waals surface area (Å²) >= 11 is 0. The summed E-state index contributed by atoms with van der Waals surface area (Å²) in [5.74, 6) is -1.08. The van der Waals surface area contributed by atoms with Crippen molar-refractivity contribution in [3.8, 4) is 5.82 Å². The summed E-state index contributed by atoms with van der Waals surface area (Å²) in [4.78, 5) is 29.7. The van der Waals surface area contributed by atoms with Crippen molar-refractivity contribution in [3.63, 3.8) is 0 Å². The van der Waals surface area contributed by atoms with E-state index in [1.165, 1.54) is 6.33 Å². The van der Waals surface area contributed by atoms with Crippen molar-refractivity contribution in [3.05, 3.63) is 45.7 Å². The van der Waals surface area contributed by atoms with Gasteiger partial charge in [0.1, 0.15) is 18.1 Å². The maximum Gasteiger partial charge on any atom is 0.339 e. The summed E-state index contributed by atoms with van der Waals surface area (Å²) in [5, 5.41) is 20.0. The molecule has 1 aliphatic carbocycles. The minimum atomic E-state index is -1.25. The molecule has 0 radical (unpaired) electrons. The number of imidazole rings is 1. The molecule has 8 heteroatoms. The SMILES string of the molecule is O=C(O)c1cc([N+](=O)[O-])cnc1-n1cnc2c1CCCC2. The third-order valence-corrected chi connectivity index (χ3v) is 3.55. The molecule has 0 aliphatic heterocycles. The highest BCUT2D eigenvalue weighted by Crippen LogP contribution is 2.25. The van der Waals surface area contributed by atoms with Crippen LogP contribution in [0.3, 0.4) is 0 Å². The zero-order chi connectivity index (χ0) is 15.0. The molecule has 2 heterocycles. The molecule has 0 amide bonds. The third-order valence-electron chi connectivity index (χ3n) is 3.55. The zero-order valence-corrected chi connectivity index (χ0v) is 11.0. The van der Waals surface area contributed by atoms with Gasteiger partial charge in [0.25, 0.3) is 5.69 Å². The Morgan fingerprint density at radius 3 is 2.81 bits per heavy atom. The largest absolute Gasteiger partial charge is 0.478 e. The Morgan fingerprint density at radius 2 is 2.10 bits per heavy atom. The molecule has 0 bridgehead atoms. The molecule has 0 saturated carbocycles. The summed E-state index contributed by atoms with van der Waals surface area (Å²) in [6.45, 7) is 0. The van der Waals surface area contributed by atoms with Crippen LogP contribution in [0.5, 0.6) is 0 Å². The predicted octanol–water partition coefficient (Wildman–Crippen LogP) is 1.75. The van der Waals surface area contributed by atoms with E-state index in [2.05, 4.69) is 9.97 Å². The molecule has 1 N–H and O–H groups in total. The second-order valence-corrected chi connectivity index (χ2v) is 4.84. The van der Waals surface area contributed by atoms with Crippen molar-refractivity contribution in [1.82, 2.24) is 14.5 Å². The van der Waals surface area contributed by atoms with Crippen molar-refractivity contribution in [2.75, 3.05) is 0 Å². The molecule has 2 aromatic heterocycles. The number of hydrogen-bond donors (Lipinski definition) is 1. The zero-order valence-electron chi connectivity index (χ0n) is 11.0. The van der Waals surface area contributed by atoms with E-state index in [0.717, 1.165) is 49.3 Å². The number of pyridine rings is 1. The molecular weight excluding hydrogens is 276 g/mol. The van der Waals surface area contributed by atoms with Crippen molar-refractivity contribution < 1.29 is 14.8 Å². The number of carbonyl (C=O) groups is 1. The van der Waals surface area contributed by atoms with Crippen LogP contribution in [0.25, 0.3) is 5.82 Å². The van der Waals surface area contributed by atoms with Gasteiger partial charge in [0.05, 0.1) is 10.6 Å². The fourth-order valence-electron chi connectivity index (χ4n) is 2.55. The van der Waals surface area contributed by atoms with E-state index in [-0.39, 0.29) is 17.1 Å². The monoisotopic (exact) mass is 288 g/mol. The minimum absolute atomic E-state index is 0.170. The first-order chi connectivity index (χ1) is 10.1. The van der Waals surface area contributed by atoms with Crippen molar-refractivity contribution in [1.29, 1.82) is 0 Å². The number of aromatic carboxylic acids is 1. The standard InChI is InChI=1S/C13H12N4O4/c18-13(19)9-5-8(17(20)21)6-14-12(9)16-7-15-10-3-1-2-4-11(10)16/h5-7H,1-4H2,(H,18,19). The average Bonchev–Trinajstić information content (AvgIpc) is 2.90. The van der Waals surface area contributed by atoms with Crippen molar-refractivity contribution >= 4 is 11.7 Å². The molecule has 0 spiro atoms. The fraction of sp³-hybridized carbons (Fsp3) is 0.308. The number of hydrogen-bond acceptors (Lipinski definition) is 5. The van der Waals surface area contributed by atoms with Crippen LogP contribution in [0, 0.1) is 10.1 Å². The van der Waals surface area contributed by atoms with E-state index < -0.39 is 10.9 Å². The molecule has 21 heavy (non-hydrogen) atoms. The van der Waals surface area contributed by atoms with Crippen LogP contribution < -0.4 is 0 Å².